The van der Waals surface area contributed by atoms with Crippen molar-refractivity contribution in [2.45, 2.75) is 116 Å². The van der Waals surface area contributed by atoms with E-state index in [1.54, 1.807) is 0 Å². The molecule has 12 atom stereocenters. The van der Waals surface area contributed by atoms with E-state index in [4.69, 9.17) is 4.74 Å². The molecule has 35 heavy (non-hydrogen) atoms. The fourth-order valence-electron chi connectivity index (χ4n) is 11.1. The molecule has 0 radical (unpaired) electrons. The Morgan fingerprint density at radius 3 is 2.54 bits per heavy atom. The lowest BCUT2D eigenvalue weighted by molar-refractivity contribution is -0.266. The van der Waals surface area contributed by atoms with Crippen LogP contribution in [0.25, 0.3) is 0 Å². The summed E-state index contributed by atoms with van der Waals surface area (Å²) in [4.78, 5) is 29.1. The van der Waals surface area contributed by atoms with Crippen LogP contribution in [-0.2, 0) is 14.3 Å². The molecule has 2 bridgehead atoms. The second-order valence-corrected chi connectivity index (χ2v) is 14.5. The highest BCUT2D eigenvalue weighted by Gasteiger charge is 2.73. The van der Waals surface area contributed by atoms with Crippen LogP contribution < -0.4 is 0 Å². The van der Waals surface area contributed by atoms with Crippen molar-refractivity contribution < 1.29 is 24.5 Å². The van der Waals surface area contributed by atoms with Crippen molar-refractivity contribution in [1.82, 2.24) is 4.90 Å². The molecule has 0 aromatic heterocycles. The normalized spacial score (nSPS) is 57.6. The summed E-state index contributed by atoms with van der Waals surface area (Å²) in [5.41, 5.74) is -1.44. The molecule has 3 saturated carbocycles. The predicted molar refractivity (Wildman–Crippen MR) is 131 cm³/mol. The number of nitrogens with zero attached hydrogens (tertiary/aromatic N) is 1. The minimum atomic E-state index is -0.797. The summed E-state index contributed by atoms with van der Waals surface area (Å²) < 4.78 is 6.74. The van der Waals surface area contributed by atoms with Crippen molar-refractivity contribution in [2.24, 2.45) is 45.8 Å². The number of rotatable bonds is 2. The molecule has 6 rings (SSSR count). The van der Waals surface area contributed by atoms with Gasteiger partial charge in [-0.2, -0.15) is 0 Å². The number of carbonyl (C=O) groups excluding carboxylic acids is 1. The molecule has 5 unspecified atom stereocenters. The predicted octanol–water partition coefficient (Wildman–Crippen LogP) is 4.49. The summed E-state index contributed by atoms with van der Waals surface area (Å²) in [5.74, 6) is 0.442. The van der Waals surface area contributed by atoms with Crippen molar-refractivity contribution >= 4 is 11.8 Å². The van der Waals surface area contributed by atoms with Crippen LogP contribution in [0.2, 0.25) is 0 Å². The lowest BCUT2D eigenvalue weighted by Crippen LogP contribution is -2.74. The maximum atomic E-state index is 14.0. The van der Waals surface area contributed by atoms with Crippen molar-refractivity contribution in [3.05, 3.63) is 0 Å². The molecule has 0 aromatic rings. The molecule has 3 heterocycles. The summed E-state index contributed by atoms with van der Waals surface area (Å²) >= 11 is 0. The van der Waals surface area contributed by atoms with Gasteiger partial charge in [-0.25, -0.2) is 0 Å². The van der Waals surface area contributed by atoms with Gasteiger partial charge in [-0.15, -0.1) is 0 Å². The number of carbonyl (C=O) groups is 2. The van der Waals surface area contributed by atoms with Gasteiger partial charge >= 0.3 is 5.97 Å². The average molecular weight is 488 g/mol. The number of aliphatic hydroxyl groups excluding tert-OH is 1. The van der Waals surface area contributed by atoms with Crippen molar-refractivity contribution in [2.75, 3.05) is 6.54 Å². The van der Waals surface area contributed by atoms with Gasteiger partial charge in [-0.3, -0.25) is 14.5 Å². The van der Waals surface area contributed by atoms with Gasteiger partial charge in [0.15, 0.2) is 0 Å². The second-order valence-electron chi connectivity index (χ2n) is 14.5. The molecule has 6 nitrogen and oxygen atoms in total. The number of ketones is 1. The van der Waals surface area contributed by atoms with Gasteiger partial charge in [0, 0.05) is 24.9 Å². The minimum Gasteiger partial charge on any atom is -0.481 e. The number of carboxylic acids is 1. The third-order valence-corrected chi connectivity index (χ3v) is 12.5. The summed E-state index contributed by atoms with van der Waals surface area (Å²) in [6, 6.07) is 0.193. The number of fused-ring (bicyclic) bond motifs is 6. The van der Waals surface area contributed by atoms with Crippen LogP contribution in [0.3, 0.4) is 0 Å². The number of piperidine rings is 1. The molecule has 0 amide bonds. The van der Waals surface area contributed by atoms with Crippen LogP contribution >= 0.6 is 0 Å². The summed E-state index contributed by atoms with van der Waals surface area (Å²) in [7, 11) is 0. The van der Waals surface area contributed by atoms with E-state index in [0.29, 0.717) is 18.3 Å². The fraction of sp³-hybridized carbons (Fsp3) is 0.931. The number of aliphatic carboxylic acids is 1. The van der Waals surface area contributed by atoms with E-state index >= 15 is 0 Å². The maximum Gasteiger partial charge on any atom is 0.303 e. The SMILES string of the molecule is CC1CC(O)C2CC(=O)[C@H]3[C@@](C)(CC4N5C[C@H]6C[C@H](C)C[C@]5(CC[C@@]4(C)[C@@]3(C)CC(=O)O)O6)C2C1. The van der Waals surface area contributed by atoms with Crippen LogP contribution in [0, 0.1) is 45.8 Å². The molecule has 6 heteroatoms. The highest BCUT2D eigenvalue weighted by atomic mass is 16.5. The molecule has 6 fully saturated rings. The van der Waals surface area contributed by atoms with Gasteiger partial charge in [0.2, 0.25) is 0 Å². The zero-order chi connectivity index (χ0) is 25.1. The van der Waals surface area contributed by atoms with Gasteiger partial charge in [0.25, 0.3) is 0 Å². The van der Waals surface area contributed by atoms with E-state index in [1.807, 2.05) is 0 Å². The molecule has 0 aromatic carbocycles. The zero-order valence-electron chi connectivity index (χ0n) is 22.3. The Bertz CT molecular complexity index is 938. The molecule has 2 N–H and O–H groups in total. The first-order valence-electron chi connectivity index (χ1n) is 14.2. The largest absolute Gasteiger partial charge is 0.481 e. The van der Waals surface area contributed by atoms with Gasteiger partial charge in [-0.1, -0.05) is 34.6 Å². The molecule has 196 valence electrons. The quantitative estimate of drug-likeness (QED) is 0.597. The fourth-order valence-corrected chi connectivity index (χ4v) is 11.1. The molecular weight excluding hydrogens is 442 g/mol. The maximum absolute atomic E-state index is 14.0. The first-order chi connectivity index (χ1) is 16.3. The van der Waals surface area contributed by atoms with Crippen LogP contribution in [-0.4, -0.2) is 57.4 Å². The Morgan fingerprint density at radius 2 is 1.83 bits per heavy atom. The number of Topliss-reactive ketones (excluding diaryl/α,β-unsaturated/α-hetero) is 1. The Morgan fingerprint density at radius 1 is 1.09 bits per heavy atom. The van der Waals surface area contributed by atoms with Crippen molar-refractivity contribution in [1.29, 1.82) is 0 Å². The van der Waals surface area contributed by atoms with Gasteiger partial charge in [-0.05, 0) is 84.9 Å². The van der Waals surface area contributed by atoms with E-state index in [1.165, 1.54) is 0 Å². The molecule has 1 spiro atoms. The highest BCUT2D eigenvalue weighted by molar-refractivity contribution is 5.85. The standard InChI is InChI=1S/C29H45NO5/c1-16-9-20-19(21(31)10-16)11-22(32)25-26(20,3)13-23-27(4,28(25,5)14-24(33)34)6-7-29-12-17(2)8-18(35-29)15-30(23)29/h16-21,23,25,31H,6-15H2,1-5H3,(H,33,34)/t16?,17-,18+,19?,20?,21?,23?,25-,26-,27+,28-,29-/m0/s1. The molecule has 3 aliphatic carbocycles. The summed E-state index contributed by atoms with van der Waals surface area (Å²) in [6.45, 7) is 12.2. The molecule has 6 aliphatic rings. The number of hydrogen-bond acceptors (Lipinski definition) is 5. The van der Waals surface area contributed by atoms with Crippen LogP contribution in [0.5, 0.6) is 0 Å². The zero-order valence-corrected chi connectivity index (χ0v) is 22.3. The minimum absolute atomic E-state index is 0.00464. The summed E-state index contributed by atoms with van der Waals surface area (Å²) in [6.07, 6.45) is 6.94. The van der Waals surface area contributed by atoms with Crippen molar-refractivity contribution in [3.63, 3.8) is 0 Å². The van der Waals surface area contributed by atoms with Gasteiger partial charge in [0.1, 0.15) is 11.5 Å². The van der Waals surface area contributed by atoms with Crippen LogP contribution in [0.4, 0.5) is 0 Å². The number of aliphatic hydroxyl groups is 1. The van der Waals surface area contributed by atoms with Gasteiger partial charge < -0.3 is 14.9 Å². The van der Waals surface area contributed by atoms with E-state index in [9.17, 15) is 19.8 Å². The number of hydrogen-bond donors (Lipinski definition) is 2. The Hall–Kier alpha value is -0.980. The topological polar surface area (TPSA) is 87.1 Å². The highest BCUT2D eigenvalue weighted by Crippen LogP contribution is 2.72. The molecule has 3 aliphatic heterocycles. The molecular formula is C29H45NO5. The van der Waals surface area contributed by atoms with E-state index < -0.39 is 17.5 Å². The van der Waals surface area contributed by atoms with Crippen LogP contribution in [0.1, 0.15) is 92.4 Å². The van der Waals surface area contributed by atoms with E-state index in [2.05, 4.69) is 39.5 Å². The first kappa shape index (κ1) is 24.4. The van der Waals surface area contributed by atoms with Crippen LogP contribution in [0.15, 0.2) is 0 Å². The Balaban J connectivity index is 1.50. The smallest absolute Gasteiger partial charge is 0.303 e. The first-order valence-corrected chi connectivity index (χ1v) is 14.2. The lowest BCUT2D eigenvalue weighted by Gasteiger charge is -2.72. The van der Waals surface area contributed by atoms with Gasteiger partial charge in [0.05, 0.1) is 18.6 Å². The average Bonchev–Trinajstić information content (AvgIpc) is 3.01. The van der Waals surface area contributed by atoms with Crippen molar-refractivity contribution in [3.8, 4) is 0 Å². The van der Waals surface area contributed by atoms with E-state index in [0.717, 1.165) is 51.5 Å². The number of ether oxygens (including phenoxy) is 1. The lowest BCUT2D eigenvalue weighted by atomic mass is 9.35. The summed E-state index contributed by atoms with van der Waals surface area (Å²) in [5, 5.41) is 21.3. The number of carboxylic acid groups (broad SMARTS) is 1. The Kier molecular flexibility index (Phi) is 5.25. The Labute approximate surface area is 210 Å². The molecule has 3 saturated heterocycles. The van der Waals surface area contributed by atoms with E-state index in [-0.39, 0.29) is 58.7 Å². The third kappa shape index (κ3) is 3.11. The monoisotopic (exact) mass is 487 g/mol. The second kappa shape index (κ2) is 7.54. The third-order valence-electron chi connectivity index (χ3n) is 12.5.